The molecule has 0 radical (unpaired) electrons. The van der Waals surface area contributed by atoms with Crippen LogP contribution in [0.1, 0.15) is 27.7 Å². The first-order valence-electron chi connectivity index (χ1n) is 6.79. The first-order chi connectivity index (χ1) is 10.6. The number of halogens is 1. The highest BCUT2D eigenvalue weighted by atomic mass is 32.1. The topological polar surface area (TPSA) is 84.0 Å². The number of nitrogens with zero attached hydrogens (tertiary/aromatic N) is 2. The Kier molecular flexibility index (Phi) is 4.10. The molecule has 1 aliphatic carbocycles. The van der Waals surface area contributed by atoms with Gasteiger partial charge < -0.3 is 10.6 Å². The summed E-state index contributed by atoms with van der Waals surface area (Å²) in [5, 5.41) is 13.8. The summed E-state index contributed by atoms with van der Waals surface area (Å²) in [6.45, 7) is 0.275. The van der Waals surface area contributed by atoms with Gasteiger partial charge in [-0.05, 0) is 37.1 Å². The Morgan fingerprint density at radius 1 is 1.23 bits per heavy atom. The molecule has 0 saturated heterocycles. The number of nitrogens with one attached hydrogen (secondary N) is 2. The molecular weight excluding hydrogens is 307 g/mol. The standard InChI is InChI=1S/C14H13FN4O2S/c15-9-3-5-10(6-4-9)17-13(21)14-19-18-11(22-14)7-16-12(20)8-1-2-8/h3-6,8H,1-2,7H2,(H,16,20)(H,17,21). The van der Waals surface area contributed by atoms with Crippen molar-refractivity contribution in [3.63, 3.8) is 0 Å². The molecule has 1 fully saturated rings. The summed E-state index contributed by atoms with van der Waals surface area (Å²) in [7, 11) is 0. The van der Waals surface area contributed by atoms with Crippen LogP contribution in [0.2, 0.25) is 0 Å². The molecule has 1 saturated carbocycles. The molecule has 2 aromatic rings. The van der Waals surface area contributed by atoms with Crippen molar-refractivity contribution in [3.8, 4) is 0 Å². The number of amides is 2. The van der Waals surface area contributed by atoms with Gasteiger partial charge in [-0.15, -0.1) is 10.2 Å². The maximum atomic E-state index is 12.8. The molecule has 0 bridgehead atoms. The summed E-state index contributed by atoms with van der Waals surface area (Å²) in [5.41, 5.74) is 0.477. The Morgan fingerprint density at radius 3 is 2.64 bits per heavy atom. The third-order valence-corrected chi connectivity index (χ3v) is 4.05. The minimum atomic E-state index is -0.413. The van der Waals surface area contributed by atoms with Gasteiger partial charge in [0.2, 0.25) is 10.9 Å². The smallest absolute Gasteiger partial charge is 0.286 e. The first kappa shape index (κ1) is 14.6. The Balaban J connectivity index is 1.56. The average molecular weight is 320 g/mol. The summed E-state index contributed by atoms with van der Waals surface area (Å²) >= 11 is 1.11. The van der Waals surface area contributed by atoms with Crippen LogP contribution in [-0.2, 0) is 11.3 Å². The average Bonchev–Trinajstić information content (AvgIpc) is 3.25. The molecule has 2 amide bonds. The van der Waals surface area contributed by atoms with Crippen molar-refractivity contribution >= 4 is 28.8 Å². The number of carbonyl (C=O) groups is 2. The van der Waals surface area contributed by atoms with Crippen LogP contribution >= 0.6 is 11.3 Å². The molecule has 3 rings (SSSR count). The van der Waals surface area contributed by atoms with Gasteiger partial charge in [-0.25, -0.2) is 4.39 Å². The Hall–Kier alpha value is -2.35. The van der Waals surface area contributed by atoms with Crippen molar-refractivity contribution in [2.24, 2.45) is 5.92 Å². The zero-order valence-electron chi connectivity index (χ0n) is 11.5. The molecule has 2 N–H and O–H groups in total. The second-order valence-corrected chi connectivity index (χ2v) is 6.02. The van der Waals surface area contributed by atoms with Crippen LogP contribution in [0.5, 0.6) is 0 Å². The summed E-state index contributed by atoms with van der Waals surface area (Å²) < 4.78 is 12.8. The van der Waals surface area contributed by atoms with Crippen LogP contribution in [0, 0.1) is 11.7 Å². The van der Waals surface area contributed by atoms with Crippen LogP contribution in [0.25, 0.3) is 0 Å². The van der Waals surface area contributed by atoms with E-state index in [4.69, 9.17) is 0 Å². The molecule has 0 spiro atoms. The maximum Gasteiger partial charge on any atom is 0.286 e. The maximum absolute atomic E-state index is 12.8. The van der Waals surface area contributed by atoms with Crippen LogP contribution in [0.3, 0.4) is 0 Å². The third-order valence-electron chi connectivity index (χ3n) is 3.13. The lowest BCUT2D eigenvalue weighted by molar-refractivity contribution is -0.122. The van der Waals surface area contributed by atoms with Crippen molar-refractivity contribution in [1.29, 1.82) is 0 Å². The largest absolute Gasteiger partial charge is 0.349 e. The van der Waals surface area contributed by atoms with E-state index >= 15 is 0 Å². The lowest BCUT2D eigenvalue weighted by atomic mass is 10.3. The highest BCUT2D eigenvalue weighted by Crippen LogP contribution is 2.28. The van der Waals surface area contributed by atoms with E-state index in [9.17, 15) is 14.0 Å². The number of aromatic nitrogens is 2. The molecular formula is C14H13FN4O2S. The van der Waals surface area contributed by atoms with E-state index in [2.05, 4.69) is 20.8 Å². The van der Waals surface area contributed by atoms with Crippen molar-refractivity contribution in [2.75, 3.05) is 5.32 Å². The van der Waals surface area contributed by atoms with Gasteiger partial charge in [0.05, 0.1) is 6.54 Å². The second-order valence-electron chi connectivity index (χ2n) is 4.95. The van der Waals surface area contributed by atoms with Gasteiger partial charge in [-0.2, -0.15) is 0 Å². The van der Waals surface area contributed by atoms with Gasteiger partial charge in [0.25, 0.3) is 5.91 Å². The summed E-state index contributed by atoms with van der Waals surface area (Å²) in [6.07, 6.45) is 1.88. The van der Waals surface area contributed by atoms with Gasteiger partial charge in [-0.3, -0.25) is 9.59 Å². The molecule has 1 aromatic heterocycles. The lowest BCUT2D eigenvalue weighted by Gasteiger charge is -2.01. The monoisotopic (exact) mass is 320 g/mol. The highest BCUT2D eigenvalue weighted by Gasteiger charge is 2.29. The zero-order chi connectivity index (χ0) is 15.5. The lowest BCUT2D eigenvalue weighted by Crippen LogP contribution is -2.24. The number of hydrogen-bond acceptors (Lipinski definition) is 5. The Labute approximate surface area is 129 Å². The predicted molar refractivity (Wildman–Crippen MR) is 78.8 cm³/mol. The summed E-state index contributed by atoms with van der Waals surface area (Å²) in [5.74, 6) is -0.631. The van der Waals surface area contributed by atoms with Crippen molar-refractivity contribution in [1.82, 2.24) is 15.5 Å². The summed E-state index contributed by atoms with van der Waals surface area (Å²) in [6, 6.07) is 5.44. The van der Waals surface area contributed by atoms with Crippen molar-refractivity contribution in [3.05, 3.63) is 40.1 Å². The number of anilines is 1. The Bertz CT molecular complexity index is 697. The predicted octanol–water partition coefficient (Wildman–Crippen LogP) is 1.96. The van der Waals surface area contributed by atoms with Gasteiger partial charge >= 0.3 is 0 Å². The quantitative estimate of drug-likeness (QED) is 0.882. The zero-order valence-corrected chi connectivity index (χ0v) is 12.3. The van der Waals surface area contributed by atoms with Gasteiger partial charge in [-0.1, -0.05) is 11.3 Å². The van der Waals surface area contributed by atoms with Gasteiger partial charge in [0.15, 0.2) is 0 Å². The van der Waals surface area contributed by atoms with E-state index in [1.807, 2.05) is 0 Å². The SMILES string of the molecule is O=C(Nc1ccc(F)cc1)c1nnc(CNC(=O)C2CC2)s1. The van der Waals surface area contributed by atoms with Gasteiger partial charge in [0, 0.05) is 11.6 Å². The van der Waals surface area contributed by atoms with Crippen molar-refractivity contribution < 1.29 is 14.0 Å². The molecule has 1 heterocycles. The fourth-order valence-electron chi connectivity index (χ4n) is 1.79. The fourth-order valence-corrected chi connectivity index (χ4v) is 2.46. The molecule has 1 aliphatic rings. The number of carbonyl (C=O) groups excluding carboxylic acids is 2. The number of rotatable bonds is 5. The second kappa shape index (κ2) is 6.18. The highest BCUT2D eigenvalue weighted by molar-refractivity contribution is 7.13. The Morgan fingerprint density at radius 2 is 1.95 bits per heavy atom. The molecule has 0 atom stereocenters. The van der Waals surface area contributed by atoms with E-state index in [0.29, 0.717) is 10.7 Å². The van der Waals surface area contributed by atoms with E-state index < -0.39 is 5.91 Å². The molecule has 0 aliphatic heterocycles. The molecule has 8 heteroatoms. The van der Waals surface area contributed by atoms with E-state index in [1.165, 1.54) is 24.3 Å². The van der Waals surface area contributed by atoms with Crippen LogP contribution in [-0.4, -0.2) is 22.0 Å². The van der Waals surface area contributed by atoms with Crippen molar-refractivity contribution in [2.45, 2.75) is 19.4 Å². The molecule has 6 nitrogen and oxygen atoms in total. The van der Waals surface area contributed by atoms with Crippen LogP contribution in [0.15, 0.2) is 24.3 Å². The molecule has 1 aromatic carbocycles. The molecule has 114 valence electrons. The normalized spacial score (nSPS) is 13.7. The van der Waals surface area contributed by atoms with E-state index in [-0.39, 0.29) is 29.2 Å². The first-order valence-corrected chi connectivity index (χ1v) is 7.60. The third kappa shape index (κ3) is 3.64. The number of hydrogen-bond donors (Lipinski definition) is 2. The van der Waals surface area contributed by atoms with Crippen LogP contribution < -0.4 is 10.6 Å². The van der Waals surface area contributed by atoms with Gasteiger partial charge in [0.1, 0.15) is 10.8 Å². The van der Waals surface area contributed by atoms with E-state index in [0.717, 1.165) is 24.2 Å². The molecule has 22 heavy (non-hydrogen) atoms. The fraction of sp³-hybridized carbons (Fsp3) is 0.286. The minimum absolute atomic E-state index is 0.0208. The number of benzene rings is 1. The van der Waals surface area contributed by atoms with Crippen LogP contribution in [0.4, 0.5) is 10.1 Å². The summed E-state index contributed by atoms with van der Waals surface area (Å²) in [4.78, 5) is 23.5. The minimum Gasteiger partial charge on any atom is -0.349 e. The molecule has 0 unspecified atom stereocenters. The van der Waals surface area contributed by atoms with E-state index in [1.54, 1.807) is 0 Å².